The molecule has 1 unspecified atom stereocenters. The highest BCUT2D eigenvalue weighted by molar-refractivity contribution is 5.94. The highest BCUT2D eigenvalue weighted by Gasteiger charge is 2.26. The Morgan fingerprint density at radius 1 is 1.33 bits per heavy atom. The van der Waals surface area contributed by atoms with Crippen molar-refractivity contribution in [3.05, 3.63) is 53.2 Å². The summed E-state index contributed by atoms with van der Waals surface area (Å²) >= 11 is 0. The summed E-state index contributed by atoms with van der Waals surface area (Å²) in [6.07, 6.45) is 1.64. The number of carbonyl (C=O) groups excluding carboxylic acids is 1. The molecule has 2 aromatic rings. The van der Waals surface area contributed by atoms with E-state index in [1.807, 2.05) is 13.0 Å². The monoisotopic (exact) mass is 322 g/mol. The number of benzene rings is 1. The van der Waals surface area contributed by atoms with Crippen molar-refractivity contribution in [2.45, 2.75) is 25.9 Å². The number of aromatic nitrogens is 2. The van der Waals surface area contributed by atoms with Crippen LogP contribution >= 0.6 is 0 Å². The van der Waals surface area contributed by atoms with E-state index in [1.54, 1.807) is 35.2 Å². The largest absolute Gasteiger partial charge is 0.471 e. The van der Waals surface area contributed by atoms with E-state index in [0.29, 0.717) is 30.1 Å². The van der Waals surface area contributed by atoms with Crippen LogP contribution in [0.5, 0.6) is 5.88 Å². The Bertz CT molecular complexity index is 767. The minimum Gasteiger partial charge on any atom is -0.471 e. The zero-order chi connectivity index (χ0) is 16.9. The molecule has 3 rings (SSSR count). The van der Waals surface area contributed by atoms with Crippen LogP contribution in [0.1, 0.15) is 34.5 Å². The molecule has 0 saturated carbocycles. The molecule has 6 nitrogen and oxygen atoms in total. The van der Waals surface area contributed by atoms with Gasteiger partial charge in [-0.15, -0.1) is 5.10 Å². The maximum absolute atomic E-state index is 12.6. The van der Waals surface area contributed by atoms with Gasteiger partial charge in [0, 0.05) is 18.2 Å². The lowest BCUT2D eigenvalue weighted by molar-refractivity contribution is 0.0525. The van der Waals surface area contributed by atoms with E-state index in [-0.39, 0.29) is 12.0 Å². The molecule has 24 heavy (non-hydrogen) atoms. The van der Waals surface area contributed by atoms with Crippen molar-refractivity contribution < 1.29 is 9.53 Å². The fourth-order valence-electron chi connectivity index (χ4n) is 2.74. The number of carbonyl (C=O) groups is 1. The Morgan fingerprint density at radius 3 is 2.96 bits per heavy atom. The Hall–Kier alpha value is -2.94. The molecule has 1 aromatic carbocycles. The quantitative estimate of drug-likeness (QED) is 0.866. The van der Waals surface area contributed by atoms with Crippen molar-refractivity contribution in [2.24, 2.45) is 0 Å². The number of piperidine rings is 1. The number of aryl methyl sites for hydroxylation is 1. The number of likely N-dealkylation sites (tertiary alicyclic amines) is 1. The summed E-state index contributed by atoms with van der Waals surface area (Å²) in [5.74, 6) is 0.404. The standard InChI is InChI=1S/C18H18N4O2/c1-13-7-8-17(21-20-13)24-16-6-3-9-22(12-16)18(23)15-5-2-4-14(10-15)11-19/h2,4-5,7-8,10,16H,3,6,9,12H2,1H3. The van der Waals surface area contributed by atoms with E-state index < -0.39 is 0 Å². The van der Waals surface area contributed by atoms with Crippen LogP contribution in [0.3, 0.4) is 0 Å². The second kappa shape index (κ2) is 7.09. The molecule has 1 saturated heterocycles. The van der Waals surface area contributed by atoms with Crippen LogP contribution < -0.4 is 4.74 Å². The van der Waals surface area contributed by atoms with Crippen LogP contribution in [-0.4, -0.2) is 40.2 Å². The van der Waals surface area contributed by atoms with Gasteiger partial charge in [0.15, 0.2) is 0 Å². The maximum Gasteiger partial charge on any atom is 0.254 e. The van der Waals surface area contributed by atoms with Gasteiger partial charge in [-0.3, -0.25) is 4.79 Å². The van der Waals surface area contributed by atoms with Gasteiger partial charge < -0.3 is 9.64 Å². The average Bonchev–Trinajstić information content (AvgIpc) is 2.63. The fourth-order valence-corrected chi connectivity index (χ4v) is 2.74. The van der Waals surface area contributed by atoms with Crippen molar-refractivity contribution in [3.63, 3.8) is 0 Å². The van der Waals surface area contributed by atoms with E-state index in [2.05, 4.69) is 16.3 Å². The Morgan fingerprint density at radius 2 is 2.21 bits per heavy atom. The molecule has 0 N–H and O–H groups in total. The van der Waals surface area contributed by atoms with Crippen molar-refractivity contribution in [1.82, 2.24) is 15.1 Å². The van der Waals surface area contributed by atoms with Gasteiger partial charge in [0.2, 0.25) is 5.88 Å². The fraction of sp³-hybridized carbons (Fsp3) is 0.333. The summed E-state index contributed by atoms with van der Waals surface area (Å²) in [5.41, 5.74) is 1.85. The number of nitrogens with zero attached hydrogens (tertiary/aromatic N) is 4. The third kappa shape index (κ3) is 3.69. The molecular formula is C18H18N4O2. The molecule has 0 aliphatic carbocycles. The summed E-state index contributed by atoms with van der Waals surface area (Å²) in [6.45, 7) is 3.06. The van der Waals surface area contributed by atoms with Crippen molar-refractivity contribution in [2.75, 3.05) is 13.1 Å². The second-order valence-corrected chi connectivity index (χ2v) is 5.84. The summed E-state index contributed by atoms with van der Waals surface area (Å²) in [6, 6.07) is 12.5. The van der Waals surface area contributed by atoms with Gasteiger partial charge in [0.05, 0.1) is 23.9 Å². The first-order chi connectivity index (χ1) is 11.7. The van der Waals surface area contributed by atoms with Crippen LogP contribution in [0.4, 0.5) is 0 Å². The van der Waals surface area contributed by atoms with E-state index in [1.165, 1.54) is 0 Å². The SMILES string of the molecule is Cc1ccc(OC2CCCN(C(=O)c3cccc(C#N)c3)C2)nn1. The molecule has 1 aliphatic heterocycles. The number of rotatable bonds is 3. The van der Waals surface area contributed by atoms with Gasteiger partial charge in [0.1, 0.15) is 6.10 Å². The summed E-state index contributed by atoms with van der Waals surface area (Å²) in [7, 11) is 0. The van der Waals surface area contributed by atoms with E-state index in [0.717, 1.165) is 18.5 Å². The van der Waals surface area contributed by atoms with Gasteiger partial charge in [-0.1, -0.05) is 6.07 Å². The van der Waals surface area contributed by atoms with Gasteiger partial charge >= 0.3 is 0 Å². The predicted molar refractivity (Wildman–Crippen MR) is 87.5 cm³/mol. The third-order valence-corrected chi connectivity index (χ3v) is 3.96. The maximum atomic E-state index is 12.6. The molecular weight excluding hydrogens is 304 g/mol. The first kappa shape index (κ1) is 15.9. The van der Waals surface area contributed by atoms with Gasteiger partial charge in [0.25, 0.3) is 5.91 Å². The van der Waals surface area contributed by atoms with Gasteiger partial charge in [-0.2, -0.15) is 10.4 Å². The lowest BCUT2D eigenvalue weighted by Crippen LogP contribution is -2.44. The molecule has 2 heterocycles. The summed E-state index contributed by atoms with van der Waals surface area (Å²) < 4.78 is 5.85. The minimum absolute atomic E-state index is 0.0737. The van der Waals surface area contributed by atoms with Gasteiger partial charge in [-0.05, 0) is 44.0 Å². The zero-order valence-corrected chi connectivity index (χ0v) is 13.5. The van der Waals surface area contributed by atoms with Crippen LogP contribution in [0.25, 0.3) is 0 Å². The molecule has 0 spiro atoms. The molecule has 1 aromatic heterocycles. The molecule has 122 valence electrons. The highest BCUT2D eigenvalue weighted by Crippen LogP contribution is 2.18. The Labute approximate surface area is 140 Å². The molecule has 0 radical (unpaired) electrons. The van der Waals surface area contributed by atoms with Crippen molar-refractivity contribution >= 4 is 5.91 Å². The molecule has 1 fully saturated rings. The Balaban J connectivity index is 1.67. The van der Waals surface area contributed by atoms with Crippen LogP contribution in [-0.2, 0) is 0 Å². The van der Waals surface area contributed by atoms with Crippen molar-refractivity contribution in [3.8, 4) is 11.9 Å². The zero-order valence-electron chi connectivity index (χ0n) is 13.5. The molecule has 6 heteroatoms. The Kier molecular flexibility index (Phi) is 4.71. The number of amides is 1. The lowest BCUT2D eigenvalue weighted by atomic mass is 10.1. The summed E-state index contributed by atoms with van der Waals surface area (Å²) in [4.78, 5) is 14.4. The van der Waals surface area contributed by atoms with Crippen LogP contribution in [0.2, 0.25) is 0 Å². The number of ether oxygens (including phenoxy) is 1. The predicted octanol–water partition coefficient (Wildman–Crippen LogP) is 2.34. The average molecular weight is 322 g/mol. The van der Waals surface area contributed by atoms with E-state index >= 15 is 0 Å². The smallest absolute Gasteiger partial charge is 0.254 e. The first-order valence-electron chi connectivity index (χ1n) is 7.92. The van der Waals surface area contributed by atoms with Crippen LogP contribution in [0.15, 0.2) is 36.4 Å². The third-order valence-electron chi connectivity index (χ3n) is 3.96. The minimum atomic E-state index is -0.0983. The van der Waals surface area contributed by atoms with Crippen molar-refractivity contribution in [1.29, 1.82) is 5.26 Å². The molecule has 1 aliphatic rings. The van der Waals surface area contributed by atoms with Gasteiger partial charge in [-0.25, -0.2) is 0 Å². The van der Waals surface area contributed by atoms with E-state index in [4.69, 9.17) is 10.00 Å². The van der Waals surface area contributed by atoms with Crippen LogP contribution in [0, 0.1) is 18.3 Å². The number of hydrogen-bond acceptors (Lipinski definition) is 5. The number of hydrogen-bond donors (Lipinski definition) is 0. The topological polar surface area (TPSA) is 79.1 Å². The lowest BCUT2D eigenvalue weighted by Gasteiger charge is -2.32. The number of nitriles is 1. The highest BCUT2D eigenvalue weighted by atomic mass is 16.5. The molecule has 1 amide bonds. The normalized spacial score (nSPS) is 17.2. The molecule has 1 atom stereocenters. The second-order valence-electron chi connectivity index (χ2n) is 5.84. The summed E-state index contributed by atoms with van der Waals surface area (Å²) in [5, 5.41) is 17.0. The van der Waals surface area contributed by atoms with E-state index in [9.17, 15) is 4.79 Å². The first-order valence-corrected chi connectivity index (χ1v) is 7.92. The molecule has 0 bridgehead atoms.